The van der Waals surface area contributed by atoms with Gasteiger partial charge in [-0.3, -0.25) is 4.79 Å². The number of primary amides is 1. The molecule has 0 fully saturated rings. The monoisotopic (exact) mass is 240 g/mol. The average Bonchev–Trinajstić information content (AvgIpc) is 2.30. The summed E-state index contributed by atoms with van der Waals surface area (Å²) in [5.74, 6) is 4.34. The molecule has 5 nitrogen and oxygen atoms in total. The molecule has 0 aromatic heterocycles. The number of nitrogens with two attached hydrogens (primary N) is 2. The van der Waals surface area contributed by atoms with Crippen LogP contribution in [0.5, 0.6) is 0 Å². The van der Waals surface area contributed by atoms with Crippen molar-refractivity contribution in [3.8, 4) is 24.7 Å². The van der Waals surface area contributed by atoms with Crippen LogP contribution >= 0.6 is 0 Å². The summed E-state index contributed by atoms with van der Waals surface area (Å²) in [7, 11) is 0. The van der Waals surface area contributed by atoms with E-state index in [2.05, 4.69) is 11.8 Å². The van der Waals surface area contributed by atoms with E-state index in [4.69, 9.17) is 33.8 Å². The smallest absolute Gasteiger partial charge is 0.217 e. The molecule has 0 aromatic carbocycles. The maximum Gasteiger partial charge on any atom is 0.217 e. The Kier molecular flexibility index (Phi) is 17.7. The highest BCUT2D eigenvalue weighted by atomic mass is 16.5. The van der Waals surface area contributed by atoms with E-state index in [0.29, 0.717) is 45.8 Å². The number of ether oxygens (including phenoxy) is 2. The van der Waals surface area contributed by atoms with Gasteiger partial charge in [0.15, 0.2) is 0 Å². The van der Waals surface area contributed by atoms with E-state index in [1.165, 1.54) is 0 Å². The Balaban J connectivity index is 0. The summed E-state index contributed by atoms with van der Waals surface area (Å²) >= 11 is 0. The molecule has 0 saturated heterocycles. The van der Waals surface area contributed by atoms with Crippen LogP contribution in [-0.2, 0) is 14.3 Å². The molecule has 0 heterocycles. The molecule has 0 spiro atoms. The fourth-order valence-electron chi connectivity index (χ4n) is 0.694. The fourth-order valence-corrected chi connectivity index (χ4v) is 0.694. The summed E-state index contributed by atoms with van der Waals surface area (Å²) in [6, 6.07) is 0. The van der Waals surface area contributed by atoms with Gasteiger partial charge in [-0.25, -0.2) is 0 Å². The average molecular weight is 240 g/mol. The van der Waals surface area contributed by atoms with Gasteiger partial charge in [-0.05, 0) is 6.42 Å². The zero-order chi connectivity index (χ0) is 13.4. The van der Waals surface area contributed by atoms with Crippen LogP contribution in [0.1, 0.15) is 12.8 Å². The van der Waals surface area contributed by atoms with Gasteiger partial charge in [-0.2, -0.15) is 0 Å². The molecular weight excluding hydrogens is 220 g/mol. The molecule has 0 bridgehead atoms. The van der Waals surface area contributed by atoms with E-state index in [1.54, 1.807) is 0 Å². The third-order valence-corrected chi connectivity index (χ3v) is 1.34. The molecule has 4 N–H and O–H groups in total. The van der Waals surface area contributed by atoms with E-state index >= 15 is 0 Å². The second kappa shape index (κ2) is 16.9. The van der Waals surface area contributed by atoms with E-state index in [-0.39, 0.29) is 5.91 Å². The van der Waals surface area contributed by atoms with Crippen molar-refractivity contribution < 1.29 is 14.3 Å². The zero-order valence-corrected chi connectivity index (χ0v) is 9.98. The topological polar surface area (TPSA) is 87.6 Å². The lowest BCUT2D eigenvalue weighted by atomic mass is 10.3. The minimum atomic E-state index is -0.302. The first-order valence-corrected chi connectivity index (χ1v) is 5.19. The number of carbonyl (C=O) groups excluding carboxylic acids is 1. The Labute approximate surface area is 103 Å². The Morgan fingerprint density at radius 2 is 1.65 bits per heavy atom. The minimum Gasteiger partial charge on any atom is -0.370 e. The maximum atomic E-state index is 10.2. The van der Waals surface area contributed by atoms with Gasteiger partial charge in [-0.1, -0.05) is 11.8 Å². The third-order valence-electron chi connectivity index (χ3n) is 1.34. The van der Waals surface area contributed by atoms with Crippen LogP contribution < -0.4 is 11.5 Å². The van der Waals surface area contributed by atoms with Gasteiger partial charge in [0.2, 0.25) is 5.91 Å². The molecule has 0 aliphatic rings. The molecule has 0 aliphatic carbocycles. The highest BCUT2D eigenvalue weighted by Crippen LogP contribution is 1.87. The molecule has 1 amide bonds. The third kappa shape index (κ3) is 25.1. The predicted octanol–water partition coefficient (Wildman–Crippen LogP) is -0.503. The highest BCUT2D eigenvalue weighted by molar-refractivity contribution is 5.73. The van der Waals surface area contributed by atoms with Crippen LogP contribution in [-0.4, -0.2) is 38.9 Å². The van der Waals surface area contributed by atoms with Crippen molar-refractivity contribution >= 4 is 5.91 Å². The Morgan fingerprint density at radius 1 is 1.12 bits per heavy atom. The van der Waals surface area contributed by atoms with Gasteiger partial charge < -0.3 is 20.9 Å². The van der Waals surface area contributed by atoms with E-state index in [0.717, 1.165) is 0 Å². The quantitative estimate of drug-likeness (QED) is 0.442. The molecule has 0 radical (unpaired) electrons. The second-order valence-corrected chi connectivity index (χ2v) is 2.87. The number of terminal acetylenes is 2. The Morgan fingerprint density at radius 3 is 2.06 bits per heavy atom. The van der Waals surface area contributed by atoms with Crippen molar-refractivity contribution in [1.82, 2.24) is 0 Å². The molecule has 5 heteroatoms. The first-order chi connectivity index (χ1) is 8.18. The van der Waals surface area contributed by atoms with Crippen molar-refractivity contribution in [3.05, 3.63) is 0 Å². The van der Waals surface area contributed by atoms with Crippen molar-refractivity contribution in [2.24, 2.45) is 11.5 Å². The van der Waals surface area contributed by atoms with Crippen molar-refractivity contribution in [3.63, 3.8) is 0 Å². The van der Waals surface area contributed by atoms with Crippen molar-refractivity contribution in [1.29, 1.82) is 0 Å². The van der Waals surface area contributed by atoms with Crippen LogP contribution in [0, 0.1) is 24.7 Å². The Hall–Kier alpha value is -1.53. The number of rotatable bonds is 8. The van der Waals surface area contributed by atoms with Gasteiger partial charge in [0.25, 0.3) is 0 Å². The standard InChI is InChI=1S/C7H11NO2.C5H9NO/c1-2-5-10-6-3-4-7(8)9;1-2-4-7-5-3-6/h1H,3-6H2,(H2,8,9);1H,3-6H2. The Bertz CT molecular complexity index is 253. The van der Waals surface area contributed by atoms with Gasteiger partial charge >= 0.3 is 0 Å². The molecule has 0 aromatic rings. The summed E-state index contributed by atoms with van der Waals surface area (Å²) in [5, 5.41) is 0. The van der Waals surface area contributed by atoms with Gasteiger partial charge in [0.1, 0.15) is 13.2 Å². The van der Waals surface area contributed by atoms with Crippen LogP contribution in [0.3, 0.4) is 0 Å². The molecule has 0 saturated carbocycles. The van der Waals surface area contributed by atoms with E-state index in [1.807, 2.05) is 0 Å². The van der Waals surface area contributed by atoms with Gasteiger partial charge in [0, 0.05) is 19.6 Å². The molecule has 17 heavy (non-hydrogen) atoms. The normalized spacial score (nSPS) is 8.41. The van der Waals surface area contributed by atoms with Gasteiger partial charge in [0.05, 0.1) is 6.61 Å². The lowest BCUT2D eigenvalue weighted by Gasteiger charge is -1.96. The zero-order valence-electron chi connectivity index (χ0n) is 9.98. The largest absolute Gasteiger partial charge is 0.370 e. The first-order valence-electron chi connectivity index (χ1n) is 5.19. The first kappa shape index (κ1) is 17.9. The van der Waals surface area contributed by atoms with Crippen LogP contribution in [0.15, 0.2) is 0 Å². The summed E-state index contributed by atoms with van der Waals surface area (Å²) in [6.07, 6.45) is 10.8. The second-order valence-electron chi connectivity index (χ2n) is 2.87. The predicted molar refractivity (Wildman–Crippen MR) is 66.8 cm³/mol. The molecular formula is C12H20N2O3. The van der Waals surface area contributed by atoms with Crippen molar-refractivity contribution in [2.75, 3.05) is 33.0 Å². The number of hydrogen-bond acceptors (Lipinski definition) is 4. The highest BCUT2D eigenvalue weighted by Gasteiger charge is 1.92. The molecule has 0 rings (SSSR count). The maximum absolute atomic E-state index is 10.2. The lowest BCUT2D eigenvalue weighted by molar-refractivity contribution is -0.118. The lowest BCUT2D eigenvalue weighted by Crippen LogP contribution is -2.11. The number of amides is 1. The van der Waals surface area contributed by atoms with Crippen LogP contribution in [0.4, 0.5) is 0 Å². The molecule has 0 atom stereocenters. The van der Waals surface area contributed by atoms with Crippen molar-refractivity contribution in [2.45, 2.75) is 12.8 Å². The molecule has 0 unspecified atom stereocenters. The van der Waals surface area contributed by atoms with E-state index in [9.17, 15) is 4.79 Å². The summed E-state index contributed by atoms with van der Waals surface area (Å²) < 4.78 is 9.66. The SMILES string of the molecule is C#CCOCCCC(N)=O.C#CCOCCN. The van der Waals surface area contributed by atoms with Gasteiger partial charge in [-0.15, -0.1) is 12.8 Å². The number of carbonyl (C=O) groups is 1. The molecule has 96 valence electrons. The van der Waals surface area contributed by atoms with Crippen LogP contribution in [0.25, 0.3) is 0 Å². The molecule has 0 aliphatic heterocycles. The van der Waals surface area contributed by atoms with Crippen LogP contribution in [0.2, 0.25) is 0 Å². The number of hydrogen-bond donors (Lipinski definition) is 2. The van der Waals surface area contributed by atoms with E-state index < -0.39 is 0 Å². The minimum absolute atomic E-state index is 0.302. The fraction of sp³-hybridized carbons (Fsp3) is 0.583. The summed E-state index contributed by atoms with van der Waals surface area (Å²) in [4.78, 5) is 10.2. The summed E-state index contributed by atoms with van der Waals surface area (Å²) in [6.45, 7) is 2.29. The summed E-state index contributed by atoms with van der Waals surface area (Å²) in [5.41, 5.74) is 9.95.